The molecule has 2 aromatic rings. The number of hydrogen-bond donors (Lipinski definition) is 3. The minimum absolute atomic E-state index is 0.112. The van der Waals surface area contributed by atoms with Crippen molar-refractivity contribution in [3.05, 3.63) is 60.1 Å². The fourth-order valence-electron chi connectivity index (χ4n) is 3.43. The van der Waals surface area contributed by atoms with Gasteiger partial charge in [0.1, 0.15) is 5.76 Å². The number of benzene rings is 1. The number of aliphatic imine (C=N–C) groups is 1. The Bertz CT molecular complexity index is 739. The summed E-state index contributed by atoms with van der Waals surface area (Å²) in [6, 6.07) is 14.5. The van der Waals surface area contributed by atoms with Gasteiger partial charge in [-0.05, 0) is 43.6 Å². The van der Waals surface area contributed by atoms with Gasteiger partial charge >= 0.3 is 0 Å². The topological polar surface area (TPSA) is 81.9 Å². The Morgan fingerprint density at radius 3 is 2.57 bits per heavy atom. The number of rotatable bonds is 8. The maximum atomic E-state index is 12.0. The number of likely N-dealkylation sites (tertiary alicyclic amines) is 1. The van der Waals surface area contributed by atoms with Crippen molar-refractivity contribution in [1.29, 1.82) is 0 Å². The van der Waals surface area contributed by atoms with Crippen molar-refractivity contribution >= 4 is 11.9 Å². The Balaban J connectivity index is 1.48. The summed E-state index contributed by atoms with van der Waals surface area (Å²) in [5.74, 6) is 1.24. The van der Waals surface area contributed by atoms with Crippen LogP contribution >= 0.6 is 0 Å². The molecule has 28 heavy (non-hydrogen) atoms. The Morgan fingerprint density at radius 2 is 1.89 bits per heavy atom. The summed E-state index contributed by atoms with van der Waals surface area (Å²) in [5.41, 5.74) is 1.29. The fraction of sp³-hybridized carbons (Fsp3) is 0.429. The molecule has 0 radical (unpaired) electrons. The number of guanidine groups is 1. The van der Waals surface area contributed by atoms with Crippen LogP contribution in [-0.2, 0) is 11.3 Å². The first-order valence-electron chi connectivity index (χ1n) is 9.79. The molecule has 1 fully saturated rings. The molecule has 150 valence electrons. The molecular weight excluding hydrogens is 354 g/mol. The molecule has 1 amide bonds. The summed E-state index contributed by atoms with van der Waals surface area (Å²) >= 11 is 0. The molecule has 7 nitrogen and oxygen atoms in total. The van der Waals surface area contributed by atoms with Crippen LogP contribution in [0.25, 0.3) is 0 Å². The highest BCUT2D eigenvalue weighted by atomic mass is 16.3. The van der Waals surface area contributed by atoms with Crippen molar-refractivity contribution in [3.63, 3.8) is 0 Å². The van der Waals surface area contributed by atoms with E-state index in [0.717, 1.165) is 25.4 Å². The lowest BCUT2D eigenvalue weighted by Crippen LogP contribution is -2.45. The van der Waals surface area contributed by atoms with Crippen LogP contribution in [0.1, 0.15) is 30.2 Å². The standard InChI is InChI=1S/C21H29N5O2/c1-22-21(25-16-20(27)23-14-18-10-7-13-28-18)24-15-19(26-11-5-6-12-26)17-8-3-2-4-9-17/h2-4,7-10,13,19H,5-6,11-12,14-16H2,1H3,(H,23,27)(H2,22,24,25). The zero-order valence-corrected chi connectivity index (χ0v) is 16.4. The van der Waals surface area contributed by atoms with Gasteiger partial charge in [-0.2, -0.15) is 0 Å². The maximum absolute atomic E-state index is 12.0. The molecule has 0 saturated carbocycles. The third-order valence-electron chi connectivity index (χ3n) is 4.91. The Hall–Kier alpha value is -2.80. The molecule has 1 aliphatic heterocycles. The second kappa shape index (κ2) is 10.5. The van der Waals surface area contributed by atoms with Gasteiger partial charge in [-0.25, -0.2) is 0 Å². The highest BCUT2D eigenvalue weighted by Crippen LogP contribution is 2.24. The normalized spacial score (nSPS) is 16.0. The quantitative estimate of drug-likeness (QED) is 0.479. The maximum Gasteiger partial charge on any atom is 0.239 e. The predicted molar refractivity (Wildman–Crippen MR) is 110 cm³/mol. The highest BCUT2D eigenvalue weighted by Gasteiger charge is 2.23. The Morgan fingerprint density at radius 1 is 1.11 bits per heavy atom. The van der Waals surface area contributed by atoms with Crippen molar-refractivity contribution in [2.45, 2.75) is 25.4 Å². The molecule has 2 heterocycles. The van der Waals surface area contributed by atoms with Crippen LogP contribution in [0.15, 0.2) is 58.1 Å². The first kappa shape index (κ1) is 19.9. The number of carbonyl (C=O) groups is 1. The van der Waals surface area contributed by atoms with Crippen LogP contribution in [0, 0.1) is 0 Å². The van der Waals surface area contributed by atoms with E-state index in [9.17, 15) is 4.79 Å². The van der Waals surface area contributed by atoms with Crippen LogP contribution in [-0.4, -0.2) is 50.0 Å². The van der Waals surface area contributed by atoms with Gasteiger partial charge in [0.2, 0.25) is 5.91 Å². The van der Waals surface area contributed by atoms with E-state index in [0.29, 0.717) is 12.5 Å². The van der Waals surface area contributed by atoms with Gasteiger partial charge in [0, 0.05) is 13.6 Å². The molecule has 0 bridgehead atoms. The van der Waals surface area contributed by atoms with E-state index in [1.165, 1.54) is 18.4 Å². The SMILES string of the molecule is CN=C(NCC(=O)NCc1ccco1)NCC(c1ccccc1)N1CCCC1. The van der Waals surface area contributed by atoms with E-state index in [1.807, 2.05) is 12.1 Å². The van der Waals surface area contributed by atoms with E-state index < -0.39 is 0 Å². The van der Waals surface area contributed by atoms with Gasteiger partial charge in [0.15, 0.2) is 5.96 Å². The number of amides is 1. The summed E-state index contributed by atoms with van der Waals surface area (Å²) in [5, 5.41) is 9.26. The lowest BCUT2D eigenvalue weighted by Gasteiger charge is -2.28. The van der Waals surface area contributed by atoms with Crippen molar-refractivity contribution in [2.75, 3.05) is 33.2 Å². The molecule has 1 aromatic heterocycles. The molecule has 3 rings (SSSR count). The molecule has 1 unspecified atom stereocenters. The van der Waals surface area contributed by atoms with Crippen molar-refractivity contribution in [2.24, 2.45) is 4.99 Å². The van der Waals surface area contributed by atoms with Gasteiger partial charge in [0.05, 0.1) is 25.4 Å². The Kier molecular flexibility index (Phi) is 7.49. The molecule has 7 heteroatoms. The van der Waals surface area contributed by atoms with E-state index >= 15 is 0 Å². The number of nitrogens with one attached hydrogen (secondary N) is 3. The van der Waals surface area contributed by atoms with Crippen LogP contribution < -0.4 is 16.0 Å². The number of nitrogens with zero attached hydrogens (tertiary/aromatic N) is 2. The van der Waals surface area contributed by atoms with Crippen LogP contribution in [0.5, 0.6) is 0 Å². The average Bonchev–Trinajstić information content (AvgIpc) is 3.44. The summed E-state index contributed by atoms with van der Waals surface area (Å²) in [4.78, 5) is 18.8. The third kappa shape index (κ3) is 5.85. The minimum atomic E-state index is -0.112. The van der Waals surface area contributed by atoms with Gasteiger partial charge in [-0.3, -0.25) is 14.7 Å². The lowest BCUT2D eigenvalue weighted by atomic mass is 10.1. The number of carbonyl (C=O) groups excluding carboxylic acids is 1. The smallest absolute Gasteiger partial charge is 0.239 e. The van der Waals surface area contributed by atoms with Gasteiger partial charge < -0.3 is 20.4 Å². The summed E-state index contributed by atoms with van der Waals surface area (Å²) in [7, 11) is 1.71. The molecular formula is C21H29N5O2. The van der Waals surface area contributed by atoms with E-state index in [1.54, 1.807) is 19.4 Å². The number of furan rings is 1. The van der Waals surface area contributed by atoms with Crippen LogP contribution in [0.3, 0.4) is 0 Å². The van der Waals surface area contributed by atoms with Crippen molar-refractivity contribution in [1.82, 2.24) is 20.9 Å². The van der Waals surface area contributed by atoms with Crippen molar-refractivity contribution < 1.29 is 9.21 Å². The van der Waals surface area contributed by atoms with Gasteiger partial charge in [0.25, 0.3) is 0 Å². The first-order chi connectivity index (χ1) is 13.8. The fourth-order valence-corrected chi connectivity index (χ4v) is 3.43. The lowest BCUT2D eigenvalue weighted by molar-refractivity contribution is -0.120. The zero-order valence-electron chi connectivity index (χ0n) is 16.4. The molecule has 0 aliphatic carbocycles. The van der Waals surface area contributed by atoms with Crippen LogP contribution in [0.2, 0.25) is 0 Å². The summed E-state index contributed by atoms with van der Waals surface area (Å²) in [6.45, 7) is 3.49. The van der Waals surface area contributed by atoms with Crippen LogP contribution in [0.4, 0.5) is 0 Å². The van der Waals surface area contributed by atoms with Gasteiger partial charge in [-0.15, -0.1) is 0 Å². The largest absolute Gasteiger partial charge is 0.467 e. The molecule has 1 saturated heterocycles. The Labute approximate surface area is 166 Å². The number of hydrogen-bond acceptors (Lipinski definition) is 4. The molecule has 1 aromatic carbocycles. The highest BCUT2D eigenvalue weighted by molar-refractivity contribution is 5.86. The van der Waals surface area contributed by atoms with Crippen molar-refractivity contribution in [3.8, 4) is 0 Å². The average molecular weight is 383 g/mol. The first-order valence-corrected chi connectivity index (χ1v) is 9.79. The monoisotopic (exact) mass is 383 g/mol. The van der Waals surface area contributed by atoms with E-state index in [2.05, 4.69) is 50.1 Å². The third-order valence-corrected chi connectivity index (χ3v) is 4.91. The summed E-state index contributed by atoms with van der Waals surface area (Å²) in [6.07, 6.45) is 4.08. The molecule has 0 spiro atoms. The van der Waals surface area contributed by atoms with Gasteiger partial charge in [-0.1, -0.05) is 30.3 Å². The van der Waals surface area contributed by atoms with E-state index in [4.69, 9.17) is 4.42 Å². The van der Waals surface area contributed by atoms with E-state index in [-0.39, 0.29) is 18.5 Å². The predicted octanol–water partition coefficient (Wildman–Crippen LogP) is 1.90. The summed E-state index contributed by atoms with van der Waals surface area (Å²) < 4.78 is 5.21. The second-order valence-corrected chi connectivity index (χ2v) is 6.83. The molecule has 1 aliphatic rings. The minimum Gasteiger partial charge on any atom is -0.467 e. The second-order valence-electron chi connectivity index (χ2n) is 6.83. The molecule has 1 atom stereocenters. The zero-order chi connectivity index (χ0) is 19.6. The molecule has 3 N–H and O–H groups in total.